The molecule has 0 aliphatic carbocycles. The molecule has 2 heterocycles. The topological polar surface area (TPSA) is 59.8 Å². The van der Waals surface area contributed by atoms with Crippen LogP contribution in [0.5, 0.6) is 0 Å². The van der Waals surface area contributed by atoms with Gasteiger partial charge in [-0.15, -0.1) is 0 Å². The predicted molar refractivity (Wildman–Crippen MR) is 68.8 cm³/mol. The van der Waals surface area contributed by atoms with Crippen LogP contribution in [0.15, 0.2) is 36.8 Å². The van der Waals surface area contributed by atoms with E-state index in [1.807, 2.05) is 35.9 Å². The van der Waals surface area contributed by atoms with Crippen LogP contribution in [0.4, 0.5) is 0 Å². The molecule has 0 saturated heterocycles. The summed E-state index contributed by atoms with van der Waals surface area (Å²) in [5, 5.41) is 2.84. The lowest BCUT2D eigenvalue weighted by Gasteiger charge is -2.08. The standard InChI is InChI=1S/C13H16N4O/c1-2-12(18)15-7-9-17-10-8-16-13(17)11-5-3-4-6-14-11/h3-6,8,10H,2,7,9H2,1H3,(H,15,18). The number of aromatic nitrogens is 3. The Kier molecular flexibility index (Phi) is 4.06. The fraction of sp³-hybridized carbons (Fsp3) is 0.308. The average molecular weight is 244 g/mol. The molecule has 1 N–H and O–H groups in total. The number of hydrogen-bond acceptors (Lipinski definition) is 3. The van der Waals surface area contributed by atoms with Crippen LogP contribution < -0.4 is 5.32 Å². The number of rotatable bonds is 5. The zero-order valence-corrected chi connectivity index (χ0v) is 10.3. The molecular weight excluding hydrogens is 228 g/mol. The minimum Gasteiger partial charge on any atom is -0.354 e. The smallest absolute Gasteiger partial charge is 0.219 e. The van der Waals surface area contributed by atoms with Gasteiger partial charge >= 0.3 is 0 Å². The van der Waals surface area contributed by atoms with E-state index in [0.717, 1.165) is 11.5 Å². The van der Waals surface area contributed by atoms with Crippen molar-refractivity contribution in [1.82, 2.24) is 19.9 Å². The van der Waals surface area contributed by atoms with E-state index in [-0.39, 0.29) is 5.91 Å². The number of hydrogen-bond donors (Lipinski definition) is 1. The quantitative estimate of drug-likeness (QED) is 0.866. The van der Waals surface area contributed by atoms with Crippen molar-refractivity contribution in [3.63, 3.8) is 0 Å². The molecule has 18 heavy (non-hydrogen) atoms. The van der Waals surface area contributed by atoms with Crippen molar-refractivity contribution < 1.29 is 4.79 Å². The molecule has 2 aromatic heterocycles. The number of pyridine rings is 1. The molecule has 94 valence electrons. The fourth-order valence-corrected chi connectivity index (χ4v) is 1.66. The largest absolute Gasteiger partial charge is 0.354 e. The van der Waals surface area contributed by atoms with Gasteiger partial charge in [-0.1, -0.05) is 13.0 Å². The van der Waals surface area contributed by atoms with Crippen molar-refractivity contribution in [2.24, 2.45) is 0 Å². The van der Waals surface area contributed by atoms with E-state index in [9.17, 15) is 4.79 Å². The highest BCUT2D eigenvalue weighted by Crippen LogP contribution is 2.13. The van der Waals surface area contributed by atoms with Crippen LogP contribution in [-0.2, 0) is 11.3 Å². The molecule has 5 nitrogen and oxygen atoms in total. The van der Waals surface area contributed by atoms with Crippen molar-refractivity contribution in [2.75, 3.05) is 6.54 Å². The van der Waals surface area contributed by atoms with Gasteiger partial charge in [0, 0.05) is 38.1 Å². The minimum absolute atomic E-state index is 0.0644. The molecule has 1 amide bonds. The Hall–Kier alpha value is -2.17. The molecule has 0 atom stereocenters. The number of nitrogens with one attached hydrogen (secondary N) is 1. The first kappa shape index (κ1) is 12.3. The number of nitrogens with zero attached hydrogens (tertiary/aromatic N) is 3. The van der Waals surface area contributed by atoms with Crippen LogP contribution >= 0.6 is 0 Å². The molecule has 0 aliphatic rings. The van der Waals surface area contributed by atoms with Gasteiger partial charge in [-0.25, -0.2) is 4.98 Å². The van der Waals surface area contributed by atoms with Crippen molar-refractivity contribution in [2.45, 2.75) is 19.9 Å². The second-order valence-corrected chi connectivity index (χ2v) is 3.86. The summed E-state index contributed by atoms with van der Waals surface area (Å²) in [6.45, 7) is 3.13. The molecule has 2 rings (SSSR count). The van der Waals surface area contributed by atoms with E-state index in [2.05, 4.69) is 15.3 Å². The molecule has 0 spiro atoms. The maximum absolute atomic E-state index is 11.1. The number of carbonyl (C=O) groups excluding carboxylic acids is 1. The first-order chi connectivity index (χ1) is 8.81. The van der Waals surface area contributed by atoms with E-state index in [1.54, 1.807) is 12.4 Å². The molecule has 5 heteroatoms. The molecule has 0 radical (unpaired) electrons. The summed E-state index contributed by atoms with van der Waals surface area (Å²) in [6, 6.07) is 5.72. The highest BCUT2D eigenvalue weighted by molar-refractivity contribution is 5.75. The molecule has 0 aromatic carbocycles. The van der Waals surface area contributed by atoms with Crippen LogP contribution in [-0.4, -0.2) is 27.0 Å². The van der Waals surface area contributed by atoms with Gasteiger partial charge < -0.3 is 9.88 Å². The van der Waals surface area contributed by atoms with Crippen LogP contribution in [0, 0.1) is 0 Å². The number of carbonyl (C=O) groups is 1. The fourth-order valence-electron chi connectivity index (χ4n) is 1.66. The van der Waals surface area contributed by atoms with Gasteiger partial charge in [0.25, 0.3) is 0 Å². The summed E-state index contributed by atoms with van der Waals surface area (Å²) >= 11 is 0. The highest BCUT2D eigenvalue weighted by Gasteiger charge is 2.06. The Morgan fingerprint density at radius 2 is 2.22 bits per heavy atom. The maximum atomic E-state index is 11.1. The number of imidazole rings is 1. The van der Waals surface area contributed by atoms with Crippen molar-refractivity contribution >= 4 is 5.91 Å². The van der Waals surface area contributed by atoms with E-state index in [1.165, 1.54) is 0 Å². The third-order valence-corrected chi connectivity index (χ3v) is 2.61. The second kappa shape index (κ2) is 5.95. The zero-order chi connectivity index (χ0) is 12.8. The lowest BCUT2D eigenvalue weighted by atomic mass is 10.3. The van der Waals surface area contributed by atoms with Gasteiger partial charge in [0.2, 0.25) is 5.91 Å². The third kappa shape index (κ3) is 2.94. The van der Waals surface area contributed by atoms with Crippen molar-refractivity contribution in [3.8, 4) is 11.5 Å². The summed E-state index contributed by atoms with van der Waals surface area (Å²) in [7, 11) is 0. The first-order valence-corrected chi connectivity index (χ1v) is 6.00. The van der Waals surface area contributed by atoms with Gasteiger partial charge in [-0.05, 0) is 12.1 Å². The van der Waals surface area contributed by atoms with Gasteiger partial charge in [0.15, 0.2) is 5.82 Å². The van der Waals surface area contributed by atoms with E-state index >= 15 is 0 Å². The Morgan fingerprint density at radius 3 is 2.94 bits per heavy atom. The van der Waals surface area contributed by atoms with E-state index < -0.39 is 0 Å². The summed E-state index contributed by atoms with van der Waals surface area (Å²) < 4.78 is 1.98. The minimum atomic E-state index is 0.0644. The van der Waals surface area contributed by atoms with Gasteiger partial charge in [0.1, 0.15) is 5.69 Å². The Bertz CT molecular complexity index is 507. The van der Waals surface area contributed by atoms with Gasteiger partial charge in [-0.3, -0.25) is 9.78 Å². The lowest BCUT2D eigenvalue weighted by Crippen LogP contribution is -2.26. The third-order valence-electron chi connectivity index (χ3n) is 2.61. The van der Waals surface area contributed by atoms with Crippen LogP contribution in [0.25, 0.3) is 11.5 Å². The second-order valence-electron chi connectivity index (χ2n) is 3.86. The zero-order valence-electron chi connectivity index (χ0n) is 10.3. The Labute approximate surface area is 106 Å². The van der Waals surface area contributed by atoms with Crippen LogP contribution in [0.1, 0.15) is 13.3 Å². The van der Waals surface area contributed by atoms with E-state index in [4.69, 9.17) is 0 Å². The van der Waals surface area contributed by atoms with Crippen molar-refractivity contribution in [3.05, 3.63) is 36.8 Å². The normalized spacial score (nSPS) is 10.3. The first-order valence-electron chi connectivity index (χ1n) is 6.00. The summed E-state index contributed by atoms with van der Waals surface area (Å²) in [5.74, 6) is 0.885. The highest BCUT2D eigenvalue weighted by atomic mass is 16.1. The molecule has 0 aliphatic heterocycles. The monoisotopic (exact) mass is 244 g/mol. The predicted octanol–water partition coefficient (Wildman–Crippen LogP) is 1.47. The Morgan fingerprint density at radius 1 is 1.33 bits per heavy atom. The molecule has 0 bridgehead atoms. The summed E-state index contributed by atoms with van der Waals surface area (Å²) in [4.78, 5) is 19.7. The van der Waals surface area contributed by atoms with Gasteiger partial charge in [-0.2, -0.15) is 0 Å². The van der Waals surface area contributed by atoms with Crippen LogP contribution in [0.2, 0.25) is 0 Å². The maximum Gasteiger partial charge on any atom is 0.219 e. The molecule has 0 unspecified atom stereocenters. The van der Waals surface area contributed by atoms with E-state index in [0.29, 0.717) is 19.5 Å². The summed E-state index contributed by atoms with van der Waals surface area (Å²) in [5.41, 5.74) is 0.837. The summed E-state index contributed by atoms with van der Waals surface area (Å²) in [6.07, 6.45) is 5.89. The average Bonchev–Trinajstić information content (AvgIpc) is 2.88. The molecule has 0 fully saturated rings. The lowest BCUT2D eigenvalue weighted by molar-refractivity contribution is -0.120. The SMILES string of the molecule is CCC(=O)NCCn1ccnc1-c1ccccn1. The van der Waals surface area contributed by atoms with Crippen LogP contribution in [0.3, 0.4) is 0 Å². The number of amides is 1. The molecular formula is C13H16N4O. The van der Waals surface area contributed by atoms with Crippen molar-refractivity contribution in [1.29, 1.82) is 0 Å². The molecule has 0 saturated carbocycles. The Balaban J connectivity index is 2.03. The molecule has 2 aromatic rings. The van der Waals surface area contributed by atoms with Gasteiger partial charge in [0.05, 0.1) is 0 Å².